The summed E-state index contributed by atoms with van der Waals surface area (Å²) in [5.41, 5.74) is 2.51. The largest absolute Gasteiger partial charge is 0.312 e. The first-order chi connectivity index (χ1) is 14.4. The molecule has 0 bridgehead atoms. The third-order valence-corrected chi connectivity index (χ3v) is 8.17. The van der Waals surface area contributed by atoms with Crippen molar-refractivity contribution >= 4 is 37.5 Å². The summed E-state index contributed by atoms with van der Waals surface area (Å²) in [5.74, 6) is -0.401. The van der Waals surface area contributed by atoms with E-state index in [1.807, 2.05) is 29.7 Å². The number of carbonyl (C=O) groups is 1. The lowest BCUT2D eigenvalue weighted by molar-refractivity contribution is 0.0997. The number of rotatable bonds is 5. The van der Waals surface area contributed by atoms with Crippen LogP contribution in [0.3, 0.4) is 0 Å². The fourth-order valence-electron chi connectivity index (χ4n) is 3.69. The molecule has 30 heavy (non-hydrogen) atoms. The number of amides is 1. The van der Waals surface area contributed by atoms with Gasteiger partial charge in [-0.3, -0.25) is 4.79 Å². The van der Waals surface area contributed by atoms with Crippen LogP contribution in [0.15, 0.2) is 65.0 Å². The Morgan fingerprint density at radius 3 is 2.53 bits per heavy atom. The molecule has 0 N–H and O–H groups in total. The Morgan fingerprint density at radius 1 is 1.17 bits per heavy atom. The Balaban J connectivity index is 1.69. The van der Waals surface area contributed by atoms with E-state index in [1.165, 1.54) is 39.9 Å². The van der Waals surface area contributed by atoms with E-state index in [0.717, 1.165) is 28.6 Å². The van der Waals surface area contributed by atoms with E-state index in [4.69, 9.17) is 0 Å². The van der Waals surface area contributed by atoms with Gasteiger partial charge in [0.25, 0.3) is 5.91 Å². The monoisotopic (exact) mass is 441 g/mol. The molecule has 0 unspecified atom stereocenters. The zero-order valence-corrected chi connectivity index (χ0v) is 18.4. The Labute approximate surface area is 179 Å². The number of nitrogens with zero attached hydrogens (tertiary/aromatic N) is 3. The van der Waals surface area contributed by atoms with Crippen LogP contribution >= 0.6 is 11.3 Å². The summed E-state index contributed by atoms with van der Waals surface area (Å²) in [6, 6.07) is 12.1. The number of hydrogen-bond donors (Lipinski definition) is 0. The fraction of sp³-hybridized carbons (Fsp3) is 0.273. The summed E-state index contributed by atoms with van der Waals surface area (Å²) in [5, 5.41) is 0. The number of fused-ring (bicyclic) bond motifs is 1. The van der Waals surface area contributed by atoms with E-state index in [1.54, 1.807) is 6.08 Å². The van der Waals surface area contributed by atoms with Gasteiger partial charge in [-0.25, -0.2) is 8.42 Å². The number of allylic oxidation sites excluding steroid dienone is 1. The molecule has 0 saturated carbocycles. The second-order valence-corrected chi connectivity index (χ2v) is 10.2. The molecule has 8 heteroatoms. The summed E-state index contributed by atoms with van der Waals surface area (Å²) >= 11 is 1.45. The lowest BCUT2D eigenvalue weighted by Gasteiger charge is -2.15. The quantitative estimate of drug-likeness (QED) is 0.567. The van der Waals surface area contributed by atoms with Gasteiger partial charge in [0.15, 0.2) is 4.80 Å². The second-order valence-electron chi connectivity index (χ2n) is 7.26. The number of benzene rings is 2. The molecule has 0 radical (unpaired) electrons. The third-order valence-electron chi connectivity index (χ3n) is 5.22. The van der Waals surface area contributed by atoms with Gasteiger partial charge in [0.05, 0.1) is 15.1 Å². The van der Waals surface area contributed by atoms with Crippen LogP contribution in [0.5, 0.6) is 0 Å². The molecule has 0 spiro atoms. The first-order valence-corrected chi connectivity index (χ1v) is 12.1. The number of aryl methyl sites for hydroxylation is 1. The highest BCUT2D eigenvalue weighted by atomic mass is 32.2. The molecule has 4 rings (SSSR count). The minimum Gasteiger partial charge on any atom is -0.312 e. The molecule has 1 fully saturated rings. The summed E-state index contributed by atoms with van der Waals surface area (Å²) < 4.78 is 29.8. The van der Waals surface area contributed by atoms with Crippen molar-refractivity contribution in [2.24, 2.45) is 4.99 Å². The van der Waals surface area contributed by atoms with E-state index < -0.39 is 15.9 Å². The van der Waals surface area contributed by atoms with Crippen molar-refractivity contribution in [3.8, 4) is 0 Å². The van der Waals surface area contributed by atoms with Crippen molar-refractivity contribution in [3.05, 3.63) is 71.0 Å². The Hall–Kier alpha value is -2.55. The van der Waals surface area contributed by atoms with E-state index in [0.29, 0.717) is 30.0 Å². The summed E-state index contributed by atoms with van der Waals surface area (Å²) in [6.45, 7) is 7.48. The average Bonchev–Trinajstić information content (AvgIpc) is 3.38. The highest BCUT2D eigenvalue weighted by Gasteiger charge is 2.27. The van der Waals surface area contributed by atoms with E-state index in [2.05, 4.69) is 11.6 Å². The summed E-state index contributed by atoms with van der Waals surface area (Å²) in [4.78, 5) is 17.9. The molecular weight excluding hydrogens is 418 g/mol. The maximum Gasteiger partial charge on any atom is 0.279 e. The van der Waals surface area contributed by atoms with Gasteiger partial charge in [0, 0.05) is 25.2 Å². The normalized spacial score (nSPS) is 15.7. The van der Waals surface area contributed by atoms with Crippen LogP contribution in [0.25, 0.3) is 10.2 Å². The van der Waals surface area contributed by atoms with Crippen LogP contribution in [0.2, 0.25) is 0 Å². The molecule has 3 aromatic rings. The number of carbonyl (C=O) groups excluding carboxylic acids is 1. The highest BCUT2D eigenvalue weighted by molar-refractivity contribution is 7.89. The number of para-hydroxylation sites is 1. The van der Waals surface area contributed by atoms with Crippen LogP contribution in [-0.2, 0) is 16.6 Å². The van der Waals surface area contributed by atoms with Crippen molar-refractivity contribution in [2.75, 3.05) is 13.1 Å². The topological polar surface area (TPSA) is 71.7 Å². The molecule has 0 atom stereocenters. The first kappa shape index (κ1) is 20.7. The Kier molecular flexibility index (Phi) is 5.73. The second kappa shape index (κ2) is 8.29. The van der Waals surface area contributed by atoms with Crippen LogP contribution in [0.1, 0.15) is 28.8 Å². The van der Waals surface area contributed by atoms with Gasteiger partial charge in [0.2, 0.25) is 10.0 Å². The van der Waals surface area contributed by atoms with Crippen LogP contribution in [-0.4, -0.2) is 36.3 Å². The fourth-order valence-corrected chi connectivity index (χ4v) is 6.32. The summed E-state index contributed by atoms with van der Waals surface area (Å²) in [7, 11) is -3.50. The molecule has 1 aromatic heterocycles. The zero-order valence-electron chi connectivity index (χ0n) is 16.7. The number of aromatic nitrogens is 1. The van der Waals surface area contributed by atoms with Crippen LogP contribution in [0.4, 0.5) is 0 Å². The van der Waals surface area contributed by atoms with Gasteiger partial charge in [-0.2, -0.15) is 9.30 Å². The minimum atomic E-state index is -3.50. The molecule has 6 nitrogen and oxygen atoms in total. The molecule has 0 aliphatic carbocycles. The van der Waals surface area contributed by atoms with Crippen LogP contribution in [0, 0.1) is 6.92 Å². The lowest BCUT2D eigenvalue weighted by Crippen LogP contribution is -2.27. The minimum absolute atomic E-state index is 0.208. The van der Waals surface area contributed by atoms with Gasteiger partial charge in [0.1, 0.15) is 0 Å². The number of hydrogen-bond acceptors (Lipinski definition) is 4. The predicted molar refractivity (Wildman–Crippen MR) is 119 cm³/mol. The SMILES string of the molecule is C=CCn1c(=NC(=O)c2ccc(S(=O)(=O)N3CCCC3)cc2)sc2cccc(C)c21. The van der Waals surface area contributed by atoms with E-state index in [-0.39, 0.29) is 4.90 Å². The molecule has 1 aliphatic heterocycles. The van der Waals surface area contributed by atoms with Crippen molar-refractivity contribution in [2.45, 2.75) is 31.2 Å². The van der Waals surface area contributed by atoms with Gasteiger partial charge in [-0.15, -0.1) is 6.58 Å². The van der Waals surface area contributed by atoms with E-state index >= 15 is 0 Å². The van der Waals surface area contributed by atoms with Gasteiger partial charge < -0.3 is 4.57 Å². The maximum absolute atomic E-state index is 12.8. The van der Waals surface area contributed by atoms with Crippen molar-refractivity contribution in [1.29, 1.82) is 0 Å². The number of thiazole rings is 1. The average molecular weight is 442 g/mol. The Bertz CT molecular complexity index is 1280. The predicted octanol–water partition coefficient (Wildman–Crippen LogP) is 3.72. The molecule has 2 heterocycles. The van der Waals surface area contributed by atoms with Crippen molar-refractivity contribution in [1.82, 2.24) is 8.87 Å². The molecule has 1 amide bonds. The molecule has 1 aliphatic rings. The van der Waals surface area contributed by atoms with Crippen molar-refractivity contribution in [3.63, 3.8) is 0 Å². The standard InChI is InChI=1S/C22H23N3O3S2/c1-3-13-25-20-16(2)7-6-8-19(20)29-22(25)23-21(26)17-9-11-18(12-10-17)30(27,28)24-14-4-5-15-24/h3,6-12H,1,4-5,13-15H2,2H3. The zero-order chi connectivity index (χ0) is 21.3. The smallest absolute Gasteiger partial charge is 0.279 e. The summed E-state index contributed by atoms with van der Waals surface area (Å²) in [6.07, 6.45) is 3.54. The maximum atomic E-state index is 12.8. The number of sulfonamides is 1. The van der Waals surface area contributed by atoms with Crippen LogP contribution < -0.4 is 4.80 Å². The molecule has 156 valence electrons. The van der Waals surface area contributed by atoms with Gasteiger partial charge in [-0.1, -0.05) is 29.5 Å². The molecule has 2 aromatic carbocycles. The lowest BCUT2D eigenvalue weighted by atomic mass is 10.2. The molecular formula is C22H23N3O3S2. The van der Waals surface area contributed by atoms with E-state index in [9.17, 15) is 13.2 Å². The highest BCUT2D eigenvalue weighted by Crippen LogP contribution is 2.22. The Morgan fingerprint density at radius 2 is 1.87 bits per heavy atom. The third kappa shape index (κ3) is 3.78. The van der Waals surface area contributed by atoms with Gasteiger partial charge >= 0.3 is 0 Å². The first-order valence-electron chi connectivity index (χ1n) is 9.81. The molecule has 1 saturated heterocycles. The van der Waals surface area contributed by atoms with Crippen molar-refractivity contribution < 1.29 is 13.2 Å². The van der Waals surface area contributed by atoms with Gasteiger partial charge in [-0.05, 0) is 55.7 Å².